The Morgan fingerprint density at radius 1 is 1.19 bits per heavy atom. The van der Waals surface area contributed by atoms with Crippen LogP contribution in [0.3, 0.4) is 0 Å². The van der Waals surface area contributed by atoms with Gasteiger partial charge in [0.1, 0.15) is 24.0 Å². The molecule has 0 bridgehead atoms. The van der Waals surface area contributed by atoms with E-state index in [9.17, 15) is 18.9 Å². The molecule has 0 radical (unpaired) electrons. The standard InChI is InChI=1S/C24H31N7O3SSi/c1-5-35(32,33)30-16-24(17-30,8-9-25)31-15-21(22(14-26)28-31)19-6-10-27-23-20(19)7-11-29(23)18-34-12-13-36(2,3)4/h6-7,10-11,15H,5,8,12-13,16-18H2,1-4H3. The Morgan fingerprint density at radius 3 is 2.58 bits per heavy atom. The van der Waals surface area contributed by atoms with E-state index < -0.39 is 23.6 Å². The number of nitriles is 2. The van der Waals surface area contributed by atoms with Crippen LogP contribution in [-0.4, -0.2) is 65.6 Å². The van der Waals surface area contributed by atoms with Gasteiger partial charge < -0.3 is 9.30 Å². The Kier molecular flexibility index (Phi) is 7.08. The lowest BCUT2D eigenvalue weighted by molar-refractivity contribution is 0.0718. The molecule has 0 aliphatic carbocycles. The lowest BCUT2D eigenvalue weighted by atomic mass is 9.89. The van der Waals surface area contributed by atoms with Crippen LogP contribution in [0.15, 0.2) is 30.7 Å². The summed E-state index contributed by atoms with van der Waals surface area (Å²) in [6, 6.07) is 9.19. The highest BCUT2D eigenvalue weighted by Gasteiger charge is 2.50. The number of hydrogen-bond acceptors (Lipinski definition) is 7. The van der Waals surface area contributed by atoms with Crippen molar-refractivity contribution in [1.29, 1.82) is 10.5 Å². The summed E-state index contributed by atoms with van der Waals surface area (Å²) in [4.78, 5) is 4.53. The molecule has 3 aromatic heterocycles. The highest BCUT2D eigenvalue weighted by Crippen LogP contribution is 2.37. The summed E-state index contributed by atoms with van der Waals surface area (Å²) in [6.07, 6.45) is 5.45. The van der Waals surface area contributed by atoms with Crippen LogP contribution in [0.4, 0.5) is 0 Å². The summed E-state index contributed by atoms with van der Waals surface area (Å²) >= 11 is 0. The number of hydrogen-bond donors (Lipinski definition) is 0. The number of fused-ring (bicyclic) bond motifs is 1. The molecule has 0 spiro atoms. The highest BCUT2D eigenvalue weighted by molar-refractivity contribution is 7.89. The van der Waals surface area contributed by atoms with E-state index in [0.717, 1.165) is 22.6 Å². The summed E-state index contributed by atoms with van der Waals surface area (Å²) in [5.74, 6) is -0.00270. The second kappa shape index (κ2) is 9.79. The van der Waals surface area contributed by atoms with E-state index in [1.807, 2.05) is 22.9 Å². The zero-order valence-corrected chi connectivity index (χ0v) is 22.9. The van der Waals surface area contributed by atoms with E-state index in [1.54, 1.807) is 24.0 Å². The highest BCUT2D eigenvalue weighted by atomic mass is 32.2. The summed E-state index contributed by atoms with van der Waals surface area (Å²) < 4.78 is 35.4. The van der Waals surface area contributed by atoms with Gasteiger partial charge in [-0.3, -0.25) is 4.68 Å². The molecule has 36 heavy (non-hydrogen) atoms. The molecule has 190 valence electrons. The summed E-state index contributed by atoms with van der Waals surface area (Å²) in [5, 5.41) is 24.7. The van der Waals surface area contributed by atoms with Gasteiger partial charge in [0.2, 0.25) is 10.0 Å². The molecule has 0 saturated carbocycles. The van der Waals surface area contributed by atoms with Gasteiger partial charge in [0.25, 0.3) is 0 Å². The van der Waals surface area contributed by atoms with Crippen LogP contribution in [0.25, 0.3) is 22.2 Å². The maximum Gasteiger partial charge on any atom is 0.213 e. The minimum absolute atomic E-state index is 0.00270. The van der Waals surface area contributed by atoms with Crippen LogP contribution in [0, 0.1) is 22.7 Å². The largest absolute Gasteiger partial charge is 0.361 e. The molecule has 12 heteroatoms. The lowest BCUT2D eigenvalue weighted by Gasteiger charge is -2.47. The van der Waals surface area contributed by atoms with Crippen molar-refractivity contribution >= 4 is 29.1 Å². The molecule has 0 aromatic carbocycles. The molecule has 10 nitrogen and oxygen atoms in total. The molecule has 1 aliphatic heterocycles. The van der Waals surface area contributed by atoms with Crippen molar-refractivity contribution in [3.8, 4) is 23.3 Å². The SMILES string of the molecule is CCS(=O)(=O)N1CC(CC#N)(n2cc(-c3ccnc4c3ccn4COCC[Si](C)(C)C)c(C#N)n2)C1. The molecule has 0 unspecified atom stereocenters. The predicted octanol–water partition coefficient (Wildman–Crippen LogP) is 3.36. The fourth-order valence-electron chi connectivity index (χ4n) is 4.34. The molecule has 3 aromatic rings. The number of aromatic nitrogens is 4. The third-order valence-electron chi connectivity index (χ3n) is 6.59. The van der Waals surface area contributed by atoms with Gasteiger partial charge in [-0.25, -0.2) is 13.4 Å². The minimum Gasteiger partial charge on any atom is -0.361 e. The lowest BCUT2D eigenvalue weighted by Crippen LogP contribution is -2.64. The fourth-order valence-corrected chi connectivity index (χ4v) is 6.34. The second-order valence-electron chi connectivity index (χ2n) is 10.4. The van der Waals surface area contributed by atoms with Crippen LogP contribution in [0.1, 0.15) is 19.0 Å². The smallest absolute Gasteiger partial charge is 0.213 e. The Balaban J connectivity index is 1.65. The molecular weight excluding hydrogens is 494 g/mol. The number of sulfonamides is 1. The average molecular weight is 526 g/mol. The molecule has 1 fully saturated rings. The van der Waals surface area contributed by atoms with Crippen LogP contribution in [0.5, 0.6) is 0 Å². The Labute approximate surface area is 212 Å². The molecular formula is C24H31N7O3SSi. The quantitative estimate of drug-likeness (QED) is 0.293. The molecule has 1 saturated heterocycles. The number of rotatable bonds is 10. The predicted molar refractivity (Wildman–Crippen MR) is 139 cm³/mol. The number of nitrogens with zero attached hydrogens (tertiary/aromatic N) is 7. The third-order valence-corrected chi connectivity index (χ3v) is 10.1. The van der Waals surface area contributed by atoms with Gasteiger partial charge >= 0.3 is 0 Å². The monoisotopic (exact) mass is 525 g/mol. The molecule has 1 aliphatic rings. The van der Waals surface area contributed by atoms with Crippen molar-refractivity contribution < 1.29 is 13.2 Å². The molecule has 4 rings (SSSR count). The van der Waals surface area contributed by atoms with E-state index in [0.29, 0.717) is 18.9 Å². The van der Waals surface area contributed by atoms with Crippen molar-refractivity contribution in [2.45, 2.75) is 51.3 Å². The summed E-state index contributed by atoms with van der Waals surface area (Å²) in [6.45, 7) is 9.93. The normalized spacial score (nSPS) is 15.9. The minimum atomic E-state index is -3.37. The van der Waals surface area contributed by atoms with E-state index in [-0.39, 0.29) is 31.0 Å². The maximum absolute atomic E-state index is 12.3. The molecule has 0 amide bonds. The van der Waals surface area contributed by atoms with E-state index in [4.69, 9.17) is 4.74 Å². The Hall–Kier alpha value is -3.03. The molecule has 0 N–H and O–H groups in total. The third kappa shape index (κ3) is 4.95. The van der Waals surface area contributed by atoms with Gasteiger partial charge in [0, 0.05) is 57.3 Å². The molecule has 0 atom stereocenters. The van der Waals surface area contributed by atoms with Crippen LogP contribution in [-0.2, 0) is 27.0 Å². The van der Waals surface area contributed by atoms with Crippen molar-refractivity contribution in [1.82, 2.24) is 23.6 Å². The maximum atomic E-state index is 12.3. The zero-order valence-electron chi connectivity index (χ0n) is 21.1. The molecule has 4 heterocycles. The average Bonchev–Trinajstić information content (AvgIpc) is 3.42. The first-order chi connectivity index (χ1) is 17.0. The zero-order chi connectivity index (χ0) is 26.1. The number of ether oxygens (including phenoxy) is 1. The van der Waals surface area contributed by atoms with E-state index in [2.05, 4.69) is 41.9 Å². The number of pyridine rings is 1. The van der Waals surface area contributed by atoms with Crippen molar-refractivity contribution in [3.05, 3.63) is 36.4 Å². The van der Waals surface area contributed by atoms with Gasteiger partial charge in [-0.2, -0.15) is 19.9 Å². The summed E-state index contributed by atoms with van der Waals surface area (Å²) in [5.41, 5.74) is 1.58. The second-order valence-corrected chi connectivity index (χ2v) is 18.3. The fraction of sp³-hybridized carbons (Fsp3) is 0.500. The van der Waals surface area contributed by atoms with E-state index >= 15 is 0 Å². The summed E-state index contributed by atoms with van der Waals surface area (Å²) in [7, 11) is -4.54. The Bertz CT molecular complexity index is 1450. The van der Waals surface area contributed by atoms with Gasteiger partial charge in [-0.05, 0) is 30.7 Å². The van der Waals surface area contributed by atoms with Crippen LogP contribution >= 0.6 is 0 Å². The first-order valence-corrected chi connectivity index (χ1v) is 17.2. The van der Waals surface area contributed by atoms with Gasteiger partial charge in [0.05, 0.1) is 18.2 Å². The van der Waals surface area contributed by atoms with Crippen LogP contribution < -0.4 is 0 Å². The van der Waals surface area contributed by atoms with Gasteiger partial charge in [0.15, 0.2) is 5.69 Å². The van der Waals surface area contributed by atoms with Crippen molar-refractivity contribution in [3.63, 3.8) is 0 Å². The Morgan fingerprint density at radius 2 is 1.94 bits per heavy atom. The van der Waals surface area contributed by atoms with Crippen molar-refractivity contribution in [2.24, 2.45) is 0 Å². The first-order valence-electron chi connectivity index (χ1n) is 11.9. The first kappa shape index (κ1) is 26.0. The van der Waals surface area contributed by atoms with Gasteiger partial charge in [-0.15, -0.1) is 0 Å². The van der Waals surface area contributed by atoms with Crippen molar-refractivity contribution in [2.75, 3.05) is 25.4 Å². The topological polar surface area (TPSA) is 130 Å². The van der Waals surface area contributed by atoms with E-state index in [1.165, 1.54) is 4.31 Å². The van der Waals surface area contributed by atoms with Gasteiger partial charge in [-0.1, -0.05) is 19.6 Å². The van der Waals surface area contributed by atoms with Crippen LogP contribution in [0.2, 0.25) is 25.7 Å².